The molecule has 1 aromatic carbocycles. The van der Waals surface area contributed by atoms with Crippen LogP contribution in [-0.4, -0.2) is 21.5 Å². The lowest BCUT2D eigenvalue weighted by molar-refractivity contribution is -0.384. The van der Waals surface area contributed by atoms with Gasteiger partial charge in [-0.05, 0) is 13.3 Å². The van der Waals surface area contributed by atoms with Crippen LogP contribution in [0, 0.1) is 10.1 Å². The molecule has 8 heteroatoms. The Hall–Kier alpha value is -1.53. The molecule has 0 saturated heterocycles. The van der Waals surface area contributed by atoms with Crippen molar-refractivity contribution in [2.24, 2.45) is 0 Å². The van der Waals surface area contributed by atoms with Crippen LogP contribution in [0.3, 0.4) is 0 Å². The molecule has 0 aliphatic heterocycles. The summed E-state index contributed by atoms with van der Waals surface area (Å²) in [6.07, 6.45) is 0.990. The highest BCUT2D eigenvalue weighted by Gasteiger charge is 2.33. The molecule has 0 aliphatic carbocycles. The predicted molar refractivity (Wildman–Crippen MR) is 77.7 cm³/mol. The van der Waals surface area contributed by atoms with E-state index in [-0.39, 0.29) is 21.4 Å². The molecule has 0 aliphatic rings. The van der Waals surface area contributed by atoms with E-state index in [4.69, 9.17) is 23.2 Å². The van der Waals surface area contributed by atoms with Crippen molar-refractivity contribution in [1.82, 2.24) is 0 Å². The molecular weight excluding hydrogens is 307 g/mol. The number of nitrogens with zero attached hydrogens (tertiary/aromatic N) is 1. The number of hydrogen-bond donors (Lipinski definition) is 2. The highest BCUT2D eigenvalue weighted by molar-refractivity contribution is 6.39. The Bertz CT molecular complexity index is 527. The summed E-state index contributed by atoms with van der Waals surface area (Å²) in [4.78, 5) is 21.4. The maximum Gasteiger partial charge on any atom is 0.329 e. The average Bonchev–Trinajstić information content (AvgIpc) is 2.33. The van der Waals surface area contributed by atoms with Gasteiger partial charge in [0.15, 0.2) is 0 Å². The molecule has 0 heterocycles. The number of nitrogens with one attached hydrogen (secondary N) is 1. The van der Waals surface area contributed by atoms with E-state index in [2.05, 4.69) is 5.32 Å². The van der Waals surface area contributed by atoms with Gasteiger partial charge in [0.25, 0.3) is 5.69 Å². The van der Waals surface area contributed by atoms with Crippen molar-refractivity contribution in [2.45, 2.75) is 32.2 Å². The summed E-state index contributed by atoms with van der Waals surface area (Å²) >= 11 is 11.9. The van der Waals surface area contributed by atoms with Crippen LogP contribution in [0.1, 0.15) is 26.7 Å². The van der Waals surface area contributed by atoms with Crippen LogP contribution in [0.4, 0.5) is 11.4 Å². The fourth-order valence-electron chi connectivity index (χ4n) is 1.78. The molecule has 6 nitrogen and oxygen atoms in total. The topological polar surface area (TPSA) is 92.5 Å². The first-order chi connectivity index (χ1) is 9.21. The molecule has 20 heavy (non-hydrogen) atoms. The highest BCUT2D eigenvalue weighted by atomic mass is 35.5. The number of non-ortho nitro benzene ring substituents is 1. The Labute approximate surface area is 125 Å². The first kappa shape index (κ1) is 16.5. The number of aliphatic carboxylic acids is 1. The molecule has 0 spiro atoms. The minimum atomic E-state index is -1.25. The van der Waals surface area contributed by atoms with Crippen molar-refractivity contribution < 1.29 is 14.8 Å². The van der Waals surface area contributed by atoms with Crippen LogP contribution >= 0.6 is 23.2 Å². The normalized spacial score (nSPS) is 13.6. The summed E-state index contributed by atoms with van der Waals surface area (Å²) in [5, 5.41) is 22.8. The third-order valence-electron chi connectivity index (χ3n) is 2.86. The molecule has 1 rings (SSSR count). The van der Waals surface area contributed by atoms with Crippen LogP contribution in [-0.2, 0) is 4.79 Å². The van der Waals surface area contributed by atoms with E-state index < -0.39 is 16.4 Å². The van der Waals surface area contributed by atoms with Crippen molar-refractivity contribution in [3.63, 3.8) is 0 Å². The SMILES string of the molecule is CCCC(C)(Nc1c(Cl)cc([N+](=O)[O-])cc1Cl)C(=O)O. The number of carboxylic acids is 1. The second-order valence-corrected chi connectivity index (χ2v) is 5.37. The van der Waals surface area contributed by atoms with Crippen LogP contribution in [0.2, 0.25) is 10.0 Å². The van der Waals surface area contributed by atoms with E-state index in [9.17, 15) is 20.0 Å². The number of nitro groups is 1. The van der Waals surface area contributed by atoms with Crippen LogP contribution in [0.25, 0.3) is 0 Å². The van der Waals surface area contributed by atoms with Gasteiger partial charge in [-0.15, -0.1) is 0 Å². The first-order valence-corrected chi connectivity index (χ1v) is 6.62. The third kappa shape index (κ3) is 3.52. The van der Waals surface area contributed by atoms with Gasteiger partial charge in [0.2, 0.25) is 0 Å². The Kier molecular flexibility index (Phi) is 5.19. The predicted octanol–water partition coefficient (Wildman–Crippen LogP) is 3.96. The lowest BCUT2D eigenvalue weighted by Crippen LogP contribution is -2.43. The summed E-state index contributed by atoms with van der Waals surface area (Å²) in [6, 6.07) is 2.26. The Morgan fingerprint density at radius 3 is 2.30 bits per heavy atom. The number of carboxylic acid groups (broad SMARTS) is 1. The molecule has 0 saturated carbocycles. The molecule has 0 fully saturated rings. The highest BCUT2D eigenvalue weighted by Crippen LogP contribution is 2.37. The molecular formula is C12H14Cl2N2O4. The number of carbonyl (C=O) groups is 1. The molecule has 1 aromatic rings. The smallest absolute Gasteiger partial charge is 0.329 e. The lowest BCUT2D eigenvalue weighted by Gasteiger charge is -2.28. The van der Waals surface area contributed by atoms with E-state index in [0.717, 1.165) is 12.1 Å². The zero-order valence-corrected chi connectivity index (χ0v) is 12.5. The fraction of sp³-hybridized carbons (Fsp3) is 0.417. The fourth-order valence-corrected chi connectivity index (χ4v) is 2.35. The monoisotopic (exact) mass is 320 g/mol. The number of hydrogen-bond acceptors (Lipinski definition) is 4. The second-order valence-electron chi connectivity index (χ2n) is 4.55. The standard InChI is InChI=1S/C12H14Cl2N2O4/c1-3-4-12(2,11(17)18)15-10-8(13)5-7(16(19)20)6-9(10)14/h5-6,15H,3-4H2,1-2H3,(H,17,18). The zero-order valence-electron chi connectivity index (χ0n) is 10.9. The van der Waals surface area contributed by atoms with Gasteiger partial charge in [-0.3, -0.25) is 10.1 Å². The molecule has 0 radical (unpaired) electrons. The van der Waals surface area contributed by atoms with Gasteiger partial charge >= 0.3 is 5.97 Å². The molecule has 0 aromatic heterocycles. The van der Waals surface area contributed by atoms with Gasteiger partial charge < -0.3 is 10.4 Å². The van der Waals surface area contributed by atoms with Gasteiger partial charge in [0.1, 0.15) is 5.54 Å². The molecule has 2 N–H and O–H groups in total. The Balaban J connectivity index is 3.21. The van der Waals surface area contributed by atoms with Crippen molar-refractivity contribution in [1.29, 1.82) is 0 Å². The minimum Gasteiger partial charge on any atom is -0.480 e. The zero-order chi connectivity index (χ0) is 15.5. The van der Waals surface area contributed by atoms with E-state index in [0.29, 0.717) is 12.8 Å². The summed E-state index contributed by atoms with van der Waals surface area (Å²) < 4.78 is 0. The number of anilines is 1. The van der Waals surface area contributed by atoms with E-state index in [1.807, 2.05) is 6.92 Å². The van der Waals surface area contributed by atoms with Crippen molar-refractivity contribution in [3.05, 3.63) is 32.3 Å². The van der Waals surface area contributed by atoms with Gasteiger partial charge in [-0.25, -0.2) is 4.79 Å². The molecule has 110 valence electrons. The third-order valence-corrected chi connectivity index (χ3v) is 3.46. The first-order valence-electron chi connectivity index (χ1n) is 5.86. The average molecular weight is 321 g/mol. The van der Waals surface area contributed by atoms with Crippen molar-refractivity contribution >= 4 is 40.5 Å². The largest absolute Gasteiger partial charge is 0.480 e. The number of benzene rings is 1. The molecule has 0 amide bonds. The van der Waals surface area contributed by atoms with E-state index in [1.165, 1.54) is 6.92 Å². The van der Waals surface area contributed by atoms with E-state index in [1.54, 1.807) is 0 Å². The maximum absolute atomic E-state index is 11.4. The summed E-state index contributed by atoms with van der Waals surface area (Å²) in [6.45, 7) is 3.36. The minimum absolute atomic E-state index is 0.00720. The van der Waals surface area contributed by atoms with Gasteiger partial charge in [-0.2, -0.15) is 0 Å². The van der Waals surface area contributed by atoms with Crippen LogP contribution in [0.5, 0.6) is 0 Å². The Morgan fingerprint density at radius 1 is 1.45 bits per heavy atom. The van der Waals surface area contributed by atoms with Crippen LogP contribution in [0.15, 0.2) is 12.1 Å². The summed E-state index contributed by atoms with van der Waals surface area (Å²) in [5.41, 5.74) is -1.33. The molecule has 1 unspecified atom stereocenters. The van der Waals surface area contributed by atoms with Gasteiger partial charge in [0.05, 0.1) is 20.7 Å². The number of nitro benzene ring substituents is 1. The summed E-state index contributed by atoms with van der Waals surface area (Å²) in [7, 11) is 0. The summed E-state index contributed by atoms with van der Waals surface area (Å²) in [5.74, 6) is -1.05. The van der Waals surface area contributed by atoms with Crippen molar-refractivity contribution in [2.75, 3.05) is 5.32 Å². The lowest BCUT2D eigenvalue weighted by atomic mass is 9.96. The molecule has 1 atom stereocenters. The van der Waals surface area contributed by atoms with E-state index >= 15 is 0 Å². The van der Waals surface area contributed by atoms with Crippen molar-refractivity contribution in [3.8, 4) is 0 Å². The number of rotatable bonds is 6. The Morgan fingerprint density at radius 2 is 1.95 bits per heavy atom. The van der Waals surface area contributed by atoms with Gasteiger partial charge in [0, 0.05) is 12.1 Å². The van der Waals surface area contributed by atoms with Crippen LogP contribution < -0.4 is 5.32 Å². The quantitative estimate of drug-likeness (QED) is 0.611. The van der Waals surface area contributed by atoms with Gasteiger partial charge in [-0.1, -0.05) is 36.5 Å². The second kappa shape index (κ2) is 6.28. The number of halogens is 2. The molecule has 0 bridgehead atoms. The maximum atomic E-state index is 11.4.